The van der Waals surface area contributed by atoms with Crippen molar-refractivity contribution in [3.63, 3.8) is 0 Å². The zero-order chi connectivity index (χ0) is 10.6. The molecule has 1 atom stereocenters. The standard InChI is InChI=1S/C7H12N4OS2/c1-2-5-10-7(14-11-5)13-3-4(8)6(9)12/h4H,2-3,8H2,1H3,(H2,9,12). The molecule has 0 saturated heterocycles. The van der Waals surface area contributed by atoms with Gasteiger partial charge in [-0.15, -0.1) is 0 Å². The molecule has 0 aliphatic rings. The Balaban J connectivity index is 2.41. The van der Waals surface area contributed by atoms with E-state index in [1.54, 1.807) is 0 Å². The largest absolute Gasteiger partial charge is 0.368 e. The second kappa shape index (κ2) is 5.28. The monoisotopic (exact) mass is 232 g/mol. The zero-order valence-corrected chi connectivity index (χ0v) is 9.40. The number of nitrogens with two attached hydrogens (primary N) is 2. The summed E-state index contributed by atoms with van der Waals surface area (Å²) in [7, 11) is 0. The molecule has 1 aromatic rings. The predicted molar refractivity (Wildman–Crippen MR) is 57.2 cm³/mol. The summed E-state index contributed by atoms with van der Waals surface area (Å²) in [5.74, 6) is 0.788. The Morgan fingerprint density at radius 2 is 2.43 bits per heavy atom. The summed E-state index contributed by atoms with van der Waals surface area (Å²) in [4.78, 5) is 14.9. The van der Waals surface area contributed by atoms with Gasteiger partial charge in [0.2, 0.25) is 5.91 Å². The van der Waals surface area contributed by atoms with Crippen LogP contribution in [-0.2, 0) is 11.2 Å². The first kappa shape index (κ1) is 11.4. The maximum Gasteiger partial charge on any atom is 0.235 e. The lowest BCUT2D eigenvalue weighted by Crippen LogP contribution is -2.38. The van der Waals surface area contributed by atoms with Gasteiger partial charge in [0.05, 0.1) is 6.04 Å². The summed E-state index contributed by atoms with van der Waals surface area (Å²) in [6, 6.07) is -0.617. The van der Waals surface area contributed by atoms with Gasteiger partial charge in [-0.3, -0.25) is 4.79 Å². The van der Waals surface area contributed by atoms with Crippen LogP contribution in [-0.4, -0.2) is 27.1 Å². The van der Waals surface area contributed by atoms with Crippen LogP contribution in [0.2, 0.25) is 0 Å². The topological polar surface area (TPSA) is 94.9 Å². The molecule has 0 radical (unpaired) electrons. The van der Waals surface area contributed by atoms with E-state index in [4.69, 9.17) is 11.5 Å². The van der Waals surface area contributed by atoms with Crippen molar-refractivity contribution in [2.75, 3.05) is 5.75 Å². The van der Waals surface area contributed by atoms with Crippen molar-refractivity contribution in [3.8, 4) is 0 Å². The van der Waals surface area contributed by atoms with E-state index in [0.717, 1.165) is 16.6 Å². The third-order valence-corrected chi connectivity index (χ3v) is 3.51. The van der Waals surface area contributed by atoms with Crippen LogP contribution in [0.1, 0.15) is 12.7 Å². The summed E-state index contributed by atoms with van der Waals surface area (Å²) in [5, 5.41) is 0. The van der Waals surface area contributed by atoms with Crippen LogP contribution < -0.4 is 11.5 Å². The predicted octanol–water partition coefficient (Wildman–Crippen LogP) is 0.00520. The van der Waals surface area contributed by atoms with E-state index in [1.165, 1.54) is 23.3 Å². The molecule has 1 rings (SSSR count). The first-order chi connectivity index (χ1) is 6.63. The van der Waals surface area contributed by atoms with Gasteiger partial charge >= 0.3 is 0 Å². The van der Waals surface area contributed by atoms with Crippen LogP contribution >= 0.6 is 23.3 Å². The van der Waals surface area contributed by atoms with Crippen molar-refractivity contribution in [3.05, 3.63) is 5.82 Å². The molecule has 0 fully saturated rings. The number of rotatable bonds is 5. The minimum absolute atomic E-state index is 0.452. The van der Waals surface area contributed by atoms with Gasteiger partial charge in [-0.25, -0.2) is 4.98 Å². The van der Waals surface area contributed by atoms with E-state index < -0.39 is 11.9 Å². The number of amides is 1. The average Bonchev–Trinajstić information content (AvgIpc) is 2.61. The fraction of sp³-hybridized carbons (Fsp3) is 0.571. The van der Waals surface area contributed by atoms with Crippen molar-refractivity contribution < 1.29 is 4.79 Å². The highest BCUT2D eigenvalue weighted by Gasteiger charge is 2.11. The Kier molecular flexibility index (Phi) is 4.30. The lowest BCUT2D eigenvalue weighted by atomic mass is 10.3. The summed E-state index contributed by atoms with van der Waals surface area (Å²) >= 11 is 2.73. The number of aromatic nitrogens is 2. The van der Waals surface area contributed by atoms with Gasteiger partial charge < -0.3 is 11.5 Å². The molecule has 1 unspecified atom stereocenters. The summed E-state index contributed by atoms with van der Waals surface area (Å²) in [6.45, 7) is 1.99. The molecule has 0 bridgehead atoms. The number of thioether (sulfide) groups is 1. The summed E-state index contributed by atoms with van der Waals surface area (Å²) < 4.78 is 4.94. The Hall–Kier alpha value is -0.660. The molecule has 78 valence electrons. The summed E-state index contributed by atoms with van der Waals surface area (Å²) in [5.41, 5.74) is 10.5. The SMILES string of the molecule is CCc1nsc(SCC(N)C(N)=O)n1. The molecule has 0 saturated carbocycles. The van der Waals surface area contributed by atoms with Crippen molar-refractivity contribution in [1.29, 1.82) is 0 Å². The number of carbonyl (C=O) groups is 1. The first-order valence-corrected chi connectivity index (χ1v) is 5.89. The molecular formula is C7H12N4OS2. The molecule has 0 spiro atoms. The van der Waals surface area contributed by atoms with Gasteiger partial charge in [-0.2, -0.15) is 4.37 Å². The number of hydrogen-bond acceptors (Lipinski definition) is 6. The van der Waals surface area contributed by atoms with E-state index >= 15 is 0 Å². The Morgan fingerprint density at radius 3 is 2.93 bits per heavy atom. The van der Waals surface area contributed by atoms with E-state index in [0.29, 0.717) is 5.75 Å². The fourth-order valence-corrected chi connectivity index (χ4v) is 2.37. The second-order valence-electron chi connectivity index (χ2n) is 2.65. The van der Waals surface area contributed by atoms with E-state index in [-0.39, 0.29) is 0 Å². The third-order valence-electron chi connectivity index (χ3n) is 1.52. The minimum Gasteiger partial charge on any atom is -0.368 e. The molecule has 1 heterocycles. The molecule has 7 heteroatoms. The van der Waals surface area contributed by atoms with Crippen LogP contribution in [0.4, 0.5) is 0 Å². The van der Waals surface area contributed by atoms with Crippen LogP contribution in [0.25, 0.3) is 0 Å². The van der Waals surface area contributed by atoms with Crippen LogP contribution in [0.15, 0.2) is 4.34 Å². The van der Waals surface area contributed by atoms with Gasteiger partial charge in [0.1, 0.15) is 5.82 Å². The number of carbonyl (C=O) groups excluding carboxylic acids is 1. The van der Waals surface area contributed by atoms with Gasteiger partial charge in [0, 0.05) is 12.2 Å². The van der Waals surface area contributed by atoms with E-state index in [9.17, 15) is 4.79 Å². The zero-order valence-electron chi connectivity index (χ0n) is 7.77. The third kappa shape index (κ3) is 3.24. The molecule has 1 amide bonds. The van der Waals surface area contributed by atoms with Crippen LogP contribution in [0.5, 0.6) is 0 Å². The Morgan fingerprint density at radius 1 is 1.71 bits per heavy atom. The number of nitrogens with zero attached hydrogens (tertiary/aromatic N) is 2. The lowest BCUT2D eigenvalue weighted by molar-refractivity contribution is -0.118. The average molecular weight is 232 g/mol. The van der Waals surface area contributed by atoms with Gasteiger partial charge in [0.25, 0.3) is 0 Å². The lowest BCUT2D eigenvalue weighted by Gasteiger charge is -2.03. The van der Waals surface area contributed by atoms with Gasteiger partial charge in [-0.1, -0.05) is 18.7 Å². The fourth-order valence-electron chi connectivity index (χ4n) is 0.683. The molecule has 0 aliphatic carbocycles. The van der Waals surface area contributed by atoms with Gasteiger partial charge in [-0.05, 0) is 11.5 Å². The van der Waals surface area contributed by atoms with Crippen LogP contribution in [0, 0.1) is 0 Å². The quantitative estimate of drug-likeness (QED) is 0.697. The smallest absolute Gasteiger partial charge is 0.235 e. The molecule has 5 nitrogen and oxygen atoms in total. The summed E-state index contributed by atoms with van der Waals surface area (Å²) in [6.07, 6.45) is 0.818. The van der Waals surface area contributed by atoms with Crippen molar-refractivity contribution in [2.45, 2.75) is 23.7 Å². The highest BCUT2D eigenvalue weighted by atomic mass is 32.2. The first-order valence-electron chi connectivity index (χ1n) is 4.13. The number of primary amides is 1. The highest BCUT2D eigenvalue weighted by Crippen LogP contribution is 2.20. The molecule has 0 aromatic carbocycles. The highest BCUT2D eigenvalue weighted by molar-refractivity contribution is 8.01. The van der Waals surface area contributed by atoms with Crippen LogP contribution in [0.3, 0.4) is 0 Å². The molecule has 4 N–H and O–H groups in total. The molecule has 0 aliphatic heterocycles. The number of hydrogen-bond donors (Lipinski definition) is 2. The van der Waals surface area contributed by atoms with Gasteiger partial charge in [0.15, 0.2) is 4.34 Å². The second-order valence-corrected chi connectivity index (χ2v) is 4.67. The maximum atomic E-state index is 10.6. The Labute approximate surface area is 90.4 Å². The maximum absolute atomic E-state index is 10.6. The van der Waals surface area contributed by atoms with Crippen molar-refractivity contribution in [1.82, 2.24) is 9.36 Å². The van der Waals surface area contributed by atoms with E-state index in [2.05, 4.69) is 9.36 Å². The molecular weight excluding hydrogens is 220 g/mol. The minimum atomic E-state index is -0.617. The normalized spacial score (nSPS) is 12.7. The van der Waals surface area contributed by atoms with Crippen molar-refractivity contribution in [2.24, 2.45) is 11.5 Å². The molecule has 1 aromatic heterocycles. The number of aryl methyl sites for hydroxylation is 1. The van der Waals surface area contributed by atoms with E-state index in [1.807, 2.05) is 6.92 Å². The molecule has 14 heavy (non-hydrogen) atoms. The Bertz CT molecular complexity index is 314. The van der Waals surface area contributed by atoms with Crippen molar-refractivity contribution >= 4 is 29.2 Å².